The molecule has 1 unspecified atom stereocenters. The molecule has 0 spiro atoms. The van der Waals surface area contributed by atoms with Gasteiger partial charge in [-0.05, 0) is 18.6 Å². The van der Waals surface area contributed by atoms with Crippen LogP contribution in [0.2, 0.25) is 0 Å². The highest BCUT2D eigenvalue weighted by Crippen LogP contribution is 2.05. The Balaban J connectivity index is 1.76. The zero-order chi connectivity index (χ0) is 18.3. The molecule has 2 aromatic rings. The third-order valence-electron chi connectivity index (χ3n) is 3.47. The fourth-order valence-corrected chi connectivity index (χ4v) is 3.38. The number of carbonyl (C=O) groups excluding carboxylic acids is 2. The van der Waals surface area contributed by atoms with Crippen molar-refractivity contribution in [2.45, 2.75) is 18.7 Å². The van der Waals surface area contributed by atoms with Crippen LogP contribution >= 0.6 is 0 Å². The molecule has 8 heteroatoms. The highest BCUT2D eigenvalue weighted by atomic mass is 32.2. The number of sulfone groups is 1. The molecule has 7 nitrogen and oxygen atoms in total. The molecule has 0 fully saturated rings. The van der Waals surface area contributed by atoms with E-state index in [9.17, 15) is 18.0 Å². The normalized spacial score (nSPS) is 12.4. The zero-order valence-electron chi connectivity index (χ0n) is 13.8. The molecule has 134 valence electrons. The van der Waals surface area contributed by atoms with E-state index in [0.29, 0.717) is 11.1 Å². The van der Waals surface area contributed by atoms with Gasteiger partial charge in [0.05, 0.1) is 23.3 Å². The molecule has 0 bridgehead atoms. The SMILES string of the molecule is CC(NC(=O)c1ccoc1)C(=O)NCCS(=O)(=O)Cc1ccccc1. The van der Waals surface area contributed by atoms with Gasteiger partial charge in [0.25, 0.3) is 5.91 Å². The van der Waals surface area contributed by atoms with E-state index in [-0.39, 0.29) is 18.1 Å². The lowest BCUT2D eigenvalue weighted by Gasteiger charge is -2.13. The molecule has 1 aromatic heterocycles. The quantitative estimate of drug-likeness (QED) is 0.730. The molecule has 2 amide bonds. The molecule has 0 aliphatic carbocycles. The summed E-state index contributed by atoms with van der Waals surface area (Å²) < 4.78 is 28.9. The third kappa shape index (κ3) is 6.07. The van der Waals surface area contributed by atoms with Crippen molar-refractivity contribution >= 4 is 21.7 Å². The maximum atomic E-state index is 12.1. The van der Waals surface area contributed by atoms with E-state index >= 15 is 0 Å². The van der Waals surface area contributed by atoms with Crippen LogP contribution in [0.1, 0.15) is 22.8 Å². The fraction of sp³-hybridized carbons (Fsp3) is 0.294. The molecule has 1 atom stereocenters. The Hall–Kier alpha value is -2.61. The van der Waals surface area contributed by atoms with Gasteiger partial charge in [0.15, 0.2) is 9.84 Å². The molecule has 0 radical (unpaired) electrons. The minimum Gasteiger partial charge on any atom is -0.472 e. The van der Waals surface area contributed by atoms with E-state index < -0.39 is 27.7 Å². The van der Waals surface area contributed by atoms with Crippen molar-refractivity contribution in [3.8, 4) is 0 Å². The summed E-state index contributed by atoms with van der Waals surface area (Å²) in [4.78, 5) is 23.8. The van der Waals surface area contributed by atoms with Crippen LogP contribution in [0.15, 0.2) is 53.3 Å². The van der Waals surface area contributed by atoms with Gasteiger partial charge in [-0.15, -0.1) is 0 Å². The fourth-order valence-electron chi connectivity index (χ4n) is 2.12. The van der Waals surface area contributed by atoms with E-state index in [1.54, 1.807) is 24.3 Å². The van der Waals surface area contributed by atoms with Crippen molar-refractivity contribution in [2.24, 2.45) is 0 Å². The Morgan fingerprint density at radius 3 is 2.52 bits per heavy atom. The Bertz CT molecular complexity index is 801. The van der Waals surface area contributed by atoms with Crippen molar-refractivity contribution in [1.82, 2.24) is 10.6 Å². The van der Waals surface area contributed by atoms with Gasteiger partial charge in [0, 0.05) is 6.54 Å². The molecule has 0 aliphatic heterocycles. The third-order valence-corrected chi connectivity index (χ3v) is 5.07. The number of hydrogen-bond donors (Lipinski definition) is 2. The summed E-state index contributed by atoms with van der Waals surface area (Å²) >= 11 is 0. The van der Waals surface area contributed by atoms with Crippen molar-refractivity contribution in [2.75, 3.05) is 12.3 Å². The second kappa shape index (κ2) is 8.48. The maximum Gasteiger partial charge on any atom is 0.255 e. The van der Waals surface area contributed by atoms with Crippen LogP contribution < -0.4 is 10.6 Å². The van der Waals surface area contributed by atoms with Crippen LogP contribution in [0.5, 0.6) is 0 Å². The van der Waals surface area contributed by atoms with Gasteiger partial charge in [-0.3, -0.25) is 9.59 Å². The van der Waals surface area contributed by atoms with Crippen LogP contribution in [0.3, 0.4) is 0 Å². The van der Waals surface area contributed by atoms with E-state index in [2.05, 4.69) is 10.6 Å². The highest BCUT2D eigenvalue weighted by molar-refractivity contribution is 7.90. The molecule has 0 saturated carbocycles. The second-order valence-corrected chi connectivity index (χ2v) is 7.76. The van der Waals surface area contributed by atoms with Crippen molar-refractivity contribution in [3.63, 3.8) is 0 Å². The lowest BCUT2D eigenvalue weighted by atomic mass is 10.2. The van der Waals surface area contributed by atoms with E-state index in [1.165, 1.54) is 25.5 Å². The van der Waals surface area contributed by atoms with Gasteiger partial charge >= 0.3 is 0 Å². The van der Waals surface area contributed by atoms with E-state index in [0.717, 1.165) is 0 Å². The number of carbonyl (C=O) groups is 2. The predicted molar refractivity (Wildman–Crippen MR) is 92.6 cm³/mol. The summed E-state index contributed by atoms with van der Waals surface area (Å²) in [6.07, 6.45) is 2.63. The summed E-state index contributed by atoms with van der Waals surface area (Å²) in [5, 5.41) is 5.03. The number of benzene rings is 1. The summed E-state index contributed by atoms with van der Waals surface area (Å²) in [6.45, 7) is 1.51. The topological polar surface area (TPSA) is 105 Å². The number of nitrogens with one attached hydrogen (secondary N) is 2. The minimum atomic E-state index is -3.33. The molecular weight excluding hydrogens is 344 g/mol. The lowest BCUT2D eigenvalue weighted by Crippen LogP contribution is -2.45. The first kappa shape index (κ1) is 18.7. The first-order valence-corrected chi connectivity index (χ1v) is 9.54. The summed E-state index contributed by atoms with van der Waals surface area (Å²) in [6, 6.07) is 9.53. The van der Waals surface area contributed by atoms with Crippen LogP contribution in [0.25, 0.3) is 0 Å². The Morgan fingerprint density at radius 1 is 1.16 bits per heavy atom. The second-order valence-electron chi connectivity index (χ2n) is 5.58. The van der Waals surface area contributed by atoms with Crippen molar-refractivity contribution in [3.05, 3.63) is 60.1 Å². The summed E-state index contributed by atoms with van der Waals surface area (Å²) in [5.41, 5.74) is 1.01. The van der Waals surface area contributed by atoms with E-state index in [4.69, 9.17) is 4.42 Å². The number of amides is 2. The largest absolute Gasteiger partial charge is 0.472 e. The first-order valence-electron chi connectivity index (χ1n) is 7.72. The molecule has 1 aromatic carbocycles. The lowest BCUT2D eigenvalue weighted by molar-refractivity contribution is -0.122. The van der Waals surface area contributed by atoms with Crippen LogP contribution in [0, 0.1) is 0 Å². The first-order chi connectivity index (χ1) is 11.9. The van der Waals surface area contributed by atoms with Gasteiger partial charge in [-0.1, -0.05) is 30.3 Å². The molecule has 2 N–H and O–H groups in total. The van der Waals surface area contributed by atoms with Gasteiger partial charge in [0.2, 0.25) is 5.91 Å². The average molecular weight is 364 g/mol. The van der Waals surface area contributed by atoms with Gasteiger partial charge in [-0.2, -0.15) is 0 Å². The predicted octanol–water partition coefficient (Wildman–Crippen LogP) is 1.13. The molecule has 0 saturated heterocycles. The van der Waals surface area contributed by atoms with E-state index in [1.807, 2.05) is 6.07 Å². The highest BCUT2D eigenvalue weighted by Gasteiger charge is 2.18. The molecule has 25 heavy (non-hydrogen) atoms. The number of hydrogen-bond acceptors (Lipinski definition) is 5. The number of furan rings is 1. The Kier molecular flexibility index (Phi) is 6.35. The average Bonchev–Trinajstić information content (AvgIpc) is 3.09. The Labute approximate surface area is 146 Å². The van der Waals surface area contributed by atoms with Crippen LogP contribution in [-0.2, 0) is 20.4 Å². The van der Waals surface area contributed by atoms with Crippen molar-refractivity contribution < 1.29 is 22.4 Å². The van der Waals surface area contributed by atoms with Gasteiger partial charge in [0.1, 0.15) is 12.3 Å². The number of rotatable bonds is 8. The molecule has 2 rings (SSSR count). The van der Waals surface area contributed by atoms with Crippen molar-refractivity contribution in [1.29, 1.82) is 0 Å². The van der Waals surface area contributed by atoms with Crippen LogP contribution in [0.4, 0.5) is 0 Å². The monoisotopic (exact) mass is 364 g/mol. The molecule has 0 aliphatic rings. The Morgan fingerprint density at radius 2 is 1.88 bits per heavy atom. The molecule has 1 heterocycles. The van der Waals surface area contributed by atoms with Crippen LogP contribution in [-0.4, -0.2) is 38.6 Å². The standard InChI is InChI=1S/C17H20N2O5S/c1-13(19-17(21)15-7-9-24-11-15)16(20)18-8-10-25(22,23)12-14-5-3-2-4-6-14/h2-7,9,11,13H,8,10,12H2,1H3,(H,18,20)(H,19,21). The minimum absolute atomic E-state index is 0.0140. The van der Waals surface area contributed by atoms with Gasteiger partial charge < -0.3 is 15.1 Å². The smallest absolute Gasteiger partial charge is 0.255 e. The van der Waals surface area contributed by atoms with Gasteiger partial charge in [-0.25, -0.2) is 8.42 Å². The summed E-state index contributed by atoms with van der Waals surface area (Å²) in [5.74, 6) is -1.13. The maximum absolute atomic E-state index is 12.1. The molecular formula is C17H20N2O5S. The zero-order valence-corrected chi connectivity index (χ0v) is 14.6. The summed E-state index contributed by atoms with van der Waals surface area (Å²) in [7, 11) is -3.33.